The maximum atomic E-state index is 13.4. The number of carbonyl (C=O) groups is 2. The molecule has 8 heteroatoms. The van der Waals surface area contributed by atoms with E-state index in [-0.39, 0.29) is 29.2 Å². The van der Waals surface area contributed by atoms with Gasteiger partial charge in [-0.05, 0) is 38.0 Å². The maximum absolute atomic E-state index is 13.4. The normalized spacial score (nSPS) is 15.4. The number of hydrogen-bond donors (Lipinski definition) is 1. The number of nitrogens with zero attached hydrogens (tertiary/aromatic N) is 2. The van der Waals surface area contributed by atoms with Crippen LogP contribution < -0.4 is 19.7 Å². The van der Waals surface area contributed by atoms with Gasteiger partial charge in [-0.15, -0.1) is 0 Å². The van der Waals surface area contributed by atoms with E-state index in [0.29, 0.717) is 23.9 Å². The van der Waals surface area contributed by atoms with Gasteiger partial charge in [0.05, 0.1) is 23.9 Å². The Morgan fingerprint density at radius 3 is 2.67 bits per heavy atom. The number of fused-ring (bicyclic) bond motifs is 1. The topological polar surface area (TPSA) is 80.8 Å². The number of aromatic nitrogens is 1. The van der Waals surface area contributed by atoms with Crippen LogP contribution in [-0.4, -0.2) is 42.1 Å². The van der Waals surface area contributed by atoms with Gasteiger partial charge in [0, 0.05) is 12.1 Å². The molecule has 3 rings (SSSR count). The van der Waals surface area contributed by atoms with Crippen molar-refractivity contribution in [3.63, 3.8) is 0 Å². The molecule has 2 aromatic rings. The van der Waals surface area contributed by atoms with Gasteiger partial charge in [0.15, 0.2) is 11.8 Å². The van der Waals surface area contributed by atoms with Crippen molar-refractivity contribution in [3.05, 3.63) is 47.1 Å². The summed E-state index contributed by atoms with van der Waals surface area (Å²) in [5.74, 6) is 0.101. The van der Waals surface area contributed by atoms with E-state index in [9.17, 15) is 9.59 Å². The van der Waals surface area contributed by atoms with E-state index in [2.05, 4.69) is 10.3 Å². The first-order valence-electron chi connectivity index (χ1n) is 10.2. The second-order valence-electron chi connectivity index (χ2n) is 6.92. The highest BCUT2D eigenvalue weighted by atomic mass is 35.5. The van der Waals surface area contributed by atoms with E-state index in [4.69, 9.17) is 21.1 Å². The van der Waals surface area contributed by atoms with Gasteiger partial charge in [-0.2, -0.15) is 0 Å². The van der Waals surface area contributed by atoms with Gasteiger partial charge in [0.25, 0.3) is 11.8 Å². The van der Waals surface area contributed by atoms with Crippen molar-refractivity contribution in [2.75, 3.05) is 18.1 Å². The van der Waals surface area contributed by atoms with E-state index in [1.807, 2.05) is 20.8 Å². The third-order valence-corrected chi connectivity index (χ3v) is 5.26. The lowest BCUT2D eigenvalue weighted by Crippen LogP contribution is -2.52. The molecule has 0 bridgehead atoms. The number of ether oxygens (including phenoxy) is 2. The van der Waals surface area contributed by atoms with E-state index in [1.165, 1.54) is 4.90 Å². The number of pyridine rings is 1. The fourth-order valence-corrected chi connectivity index (χ4v) is 3.47. The van der Waals surface area contributed by atoms with Gasteiger partial charge in [-0.25, -0.2) is 4.98 Å². The molecule has 1 aromatic heterocycles. The number of amides is 2. The van der Waals surface area contributed by atoms with Crippen LogP contribution in [0.4, 0.5) is 5.69 Å². The third-order valence-electron chi connectivity index (χ3n) is 4.96. The fourth-order valence-electron chi connectivity index (χ4n) is 3.28. The number of carbonyl (C=O) groups excluding carboxylic acids is 2. The summed E-state index contributed by atoms with van der Waals surface area (Å²) in [6, 6.07) is 10.3. The summed E-state index contributed by atoms with van der Waals surface area (Å²) in [6.07, 6.45) is 0.800. The van der Waals surface area contributed by atoms with Gasteiger partial charge < -0.3 is 14.8 Å². The minimum Gasteiger partial charge on any atom is -0.478 e. The number of para-hydroxylation sites is 2. The Labute approximate surface area is 181 Å². The van der Waals surface area contributed by atoms with Crippen LogP contribution in [0, 0.1) is 0 Å². The molecule has 1 aliphatic rings. The van der Waals surface area contributed by atoms with Crippen LogP contribution in [-0.2, 0) is 4.79 Å². The van der Waals surface area contributed by atoms with Crippen LogP contribution >= 0.6 is 11.6 Å². The molecule has 0 aliphatic carbocycles. The zero-order chi connectivity index (χ0) is 21.7. The Bertz CT molecular complexity index is 917. The van der Waals surface area contributed by atoms with Crippen molar-refractivity contribution in [2.24, 2.45) is 0 Å². The van der Waals surface area contributed by atoms with E-state index >= 15 is 0 Å². The Morgan fingerprint density at radius 1 is 1.23 bits per heavy atom. The Balaban J connectivity index is 1.92. The first-order valence-corrected chi connectivity index (χ1v) is 10.5. The quantitative estimate of drug-likeness (QED) is 0.720. The summed E-state index contributed by atoms with van der Waals surface area (Å²) in [4.78, 5) is 31.9. The highest BCUT2D eigenvalue weighted by Gasteiger charge is 2.35. The average molecular weight is 432 g/mol. The molecule has 30 heavy (non-hydrogen) atoms. The molecule has 1 aromatic carbocycles. The molecule has 0 radical (unpaired) electrons. The van der Waals surface area contributed by atoms with E-state index in [0.717, 1.165) is 12.8 Å². The highest BCUT2D eigenvalue weighted by Crippen LogP contribution is 2.35. The van der Waals surface area contributed by atoms with Crippen LogP contribution in [0.5, 0.6) is 11.6 Å². The van der Waals surface area contributed by atoms with Crippen molar-refractivity contribution < 1.29 is 19.1 Å². The fraction of sp³-hybridized carbons (Fsp3) is 0.409. The lowest BCUT2D eigenvalue weighted by Gasteiger charge is -2.34. The molecule has 1 N–H and O–H groups in total. The number of rotatable bonds is 7. The van der Waals surface area contributed by atoms with Crippen molar-refractivity contribution in [3.8, 4) is 11.6 Å². The van der Waals surface area contributed by atoms with Gasteiger partial charge in [-0.1, -0.05) is 37.6 Å². The summed E-state index contributed by atoms with van der Waals surface area (Å²) in [6.45, 7) is 6.33. The molecule has 1 unspecified atom stereocenters. The average Bonchev–Trinajstić information content (AvgIpc) is 2.77. The Hall–Kier alpha value is -2.80. The Morgan fingerprint density at radius 2 is 1.97 bits per heavy atom. The molecule has 1 aliphatic heterocycles. The minimum atomic E-state index is -0.835. The number of nitrogens with one attached hydrogen (secondary N) is 1. The van der Waals surface area contributed by atoms with Crippen LogP contribution in [0.2, 0.25) is 5.02 Å². The lowest BCUT2D eigenvalue weighted by atomic mass is 10.1. The number of halogens is 1. The van der Waals surface area contributed by atoms with E-state index in [1.54, 1.807) is 36.4 Å². The maximum Gasteiger partial charge on any atom is 0.278 e. The molecule has 7 nitrogen and oxygen atoms in total. The monoisotopic (exact) mass is 431 g/mol. The summed E-state index contributed by atoms with van der Waals surface area (Å²) in [5.41, 5.74) is 0.632. The summed E-state index contributed by atoms with van der Waals surface area (Å²) in [5, 5.41) is 3.20. The van der Waals surface area contributed by atoms with Gasteiger partial charge in [0.1, 0.15) is 5.75 Å². The first-order chi connectivity index (χ1) is 14.5. The molecule has 0 saturated heterocycles. The second kappa shape index (κ2) is 9.80. The van der Waals surface area contributed by atoms with Crippen LogP contribution in [0.15, 0.2) is 36.4 Å². The predicted molar refractivity (Wildman–Crippen MR) is 115 cm³/mol. The number of anilines is 1. The standard InChI is InChI=1S/C22H26ClN3O4/c1-4-14(5-2)24-21(27)18-13-26(16-9-7-8-10-17(16)30-18)22(28)20-15(23)11-12-19(25-20)29-6-3/h7-12,14,18H,4-6,13H2,1-3H3,(H,24,27). The smallest absolute Gasteiger partial charge is 0.278 e. The molecular formula is C22H26ClN3O4. The highest BCUT2D eigenvalue weighted by molar-refractivity contribution is 6.34. The molecule has 1 atom stereocenters. The number of benzene rings is 1. The second-order valence-corrected chi connectivity index (χ2v) is 7.33. The first kappa shape index (κ1) is 21.9. The van der Waals surface area contributed by atoms with Crippen LogP contribution in [0.1, 0.15) is 44.1 Å². The van der Waals surface area contributed by atoms with Crippen molar-refractivity contribution in [2.45, 2.75) is 45.8 Å². The van der Waals surface area contributed by atoms with Crippen molar-refractivity contribution >= 4 is 29.1 Å². The lowest BCUT2D eigenvalue weighted by molar-refractivity contribution is -0.128. The summed E-state index contributed by atoms with van der Waals surface area (Å²) < 4.78 is 11.3. The molecule has 0 fully saturated rings. The van der Waals surface area contributed by atoms with Crippen LogP contribution in [0.3, 0.4) is 0 Å². The van der Waals surface area contributed by atoms with E-state index < -0.39 is 12.0 Å². The van der Waals surface area contributed by atoms with Gasteiger partial charge >= 0.3 is 0 Å². The largest absolute Gasteiger partial charge is 0.478 e. The molecule has 0 spiro atoms. The molecule has 160 valence electrons. The zero-order valence-electron chi connectivity index (χ0n) is 17.4. The van der Waals surface area contributed by atoms with Gasteiger partial charge in [-0.3, -0.25) is 14.5 Å². The summed E-state index contributed by atoms with van der Waals surface area (Å²) in [7, 11) is 0. The third kappa shape index (κ3) is 4.67. The molecule has 2 heterocycles. The SMILES string of the molecule is CCOc1ccc(Cl)c(C(=O)N2CC(C(=O)NC(CC)CC)Oc3ccccc32)n1. The molecular weight excluding hydrogens is 406 g/mol. The van der Waals surface area contributed by atoms with Crippen molar-refractivity contribution in [1.82, 2.24) is 10.3 Å². The minimum absolute atomic E-state index is 0.0543. The Kier molecular flexibility index (Phi) is 7.15. The molecule has 0 saturated carbocycles. The number of hydrogen-bond acceptors (Lipinski definition) is 5. The van der Waals surface area contributed by atoms with Crippen LogP contribution in [0.25, 0.3) is 0 Å². The van der Waals surface area contributed by atoms with Gasteiger partial charge in [0.2, 0.25) is 5.88 Å². The summed E-state index contributed by atoms with van der Waals surface area (Å²) >= 11 is 6.27. The zero-order valence-corrected chi connectivity index (χ0v) is 18.1. The predicted octanol–water partition coefficient (Wildman–Crippen LogP) is 3.85. The molecule has 2 amide bonds. The van der Waals surface area contributed by atoms with Crippen molar-refractivity contribution in [1.29, 1.82) is 0 Å².